The molecule has 7 nitrogen and oxygen atoms in total. The van der Waals surface area contributed by atoms with Gasteiger partial charge in [0.25, 0.3) is 5.92 Å². The van der Waals surface area contributed by atoms with Crippen molar-refractivity contribution in [1.29, 1.82) is 0 Å². The van der Waals surface area contributed by atoms with E-state index in [-0.39, 0.29) is 24.0 Å². The van der Waals surface area contributed by atoms with Crippen LogP contribution >= 0.6 is 0 Å². The number of nitrogens with zero attached hydrogens (tertiary/aromatic N) is 3. The molecule has 0 fully saturated rings. The molecule has 0 aliphatic rings. The zero-order valence-corrected chi connectivity index (χ0v) is 15.1. The number of aromatic nitrogens is 2. The van der Waals surface area contributed by atoms with Crippen LogP contribution in [0.5, 0.6) is 6.01 Å². The van der Waals surface area contributed by atoms with Crippen molar-refractivity contribution in [2.75, 3.05) is 24.0 Å². The predicted molar refractivity (Wildman–Crippen MR) is 96.7 cm³/mol. The van der Waals surface area contributed by atoms with Crippen molar-refractivity contribution in [2.24, 2.45) is 11.6 Å². The van der Waals surface area contributed by atoms with Crippen molar-refractivity contribution in [3.05, 3.63) is 53.2 Å². The third kappa shape index (κ3) is 5.23. The third-order valence-corrected chi connectivity index (χ3v) is 3.58. The van der Waals surface area contributed by atoms with E-state index >= 15 is 0 Å². The lowest BCUT2D eigenvalue weighted by Crippen LogP contribution is -2.28. The van der Waals surface area contributed by atoms with E-state index in [1.54, 1.807) is 13.2 Å². The molecule has 1 aromatic heterocycles. The molecule has 0 radical (unpaired) electrons. The van der Waals surface area contributed by atoms with Gasteiger partial charge in [0.1, 0.15) is 18.2 Å². The first kappa shape index (κ1) is 20.3. The maximum Gasteiger partial charge on any atom is 0.318 e. The fourth-order valence-corrected chi connectivity index (χ4v) is 2.20. The Morgan fingerprint density at radius 3 is 2.74 bits per heavy atom. The molecule has 0 aliphatic heterocycles. The van der Waals surface area contributed by atoms with E-state index in [0.29, 0.717) is 12.7 Å². The summed E-state index contributed by atoms with van der Waals surface area (Å²) in [4.78, 5) is 8.17. The quantitative estimate of drug-likeness (QED) is 0.500. The van der Waals surface area contributed by atoms with Crippen LogP contribution in [0.1, 0.15) is 18.1 Å². The van der Waals surface area contributed by atoms with Gasteiger partial charge >= 0.3 is 6.01 Å². The number of ether oxygens (including phenoxy) is 1. The monoisotopic (exact) mass is 382 g/mol. The molecule has 1 heterocycles. The van der Waals surface area contributed by atoms with Gasteiger partial charge in [-0.25, -0.2) is 24.0 Å². The highest BCUT2D eigenvalue weighted by Crippen LogP contribution is 2.31. The van der Waals surface area contributed by atoms with E-state index in [1.165, 1.54) is 12.3 Å². The van der Waals surface area contributed by atoms with E-state index in [4.69, 9.17) is 16.3 Å². The molecule has 0 spiro atoms. The molecule has 2 rings (SSSR count). The maximum absolute atomic E-state index is 13.6. The Balaban J connectivity index is 2.09. The Morgan fingerprint density at radius 2 is 2.11 bits per heavy atom. The minimum Gasteiger partial charge on any atom is -0.457 e. The van der Waals surface area contributed by atoms with Crippen LogP contribution in [0.4, 0.5) is 24.7 Å². The van der Waals surface area contributed by atoms with Crippen LogP contribution in [0.15, 0.2) is 36.3 Å². The highest BCUT2D eigenvalue weighted by atomic mass is 19.3. The summed E-state index contributed by atoms with van der Waals surface area (Å²) in [5.41, 5.74) is 6.25. The highest BCUT2D eigenvalue weighted by Gasteiger charge is 2.28. The molecule has 2 aromatic rings. The summed E-state index contributed by atoms with van der Waals surface area (Å²) in [6.07, 6.45) is 2.87. The first-order chi connectivity index (χ1) is 12.6. The van der Waals surface area contributed by atoms with Crippen LogP contribution in [0, 0.1) is 12.7 Å². The minimum atomic E-state index is -3.34. The molecular formula is C17H21F3N6O. The number of alkyl halides is 2. The molecule has 1 aromatic carbocycles. The summed E-state index contributed by atoms with van der Waals surface area (Å²) < 4.78 is 45.8. The van der Waals surface area contributed by atoms with E-state index in [0.717, 1.165) is 22.7 Å². The molecule has 0 unspecified atom stereocenters. The molecule has 0 saturated carbocycles. The average molecular weight is 382 g/mol. The fraction of sp³-hybridized carbons (Fsp3) is 0.294. The van der Waals surface area contributed by atoms with E-state index < -0.39 is 17.3 Å². The molecule has 10 heteroatoms. The summed E-state index contributed by atoms with van der Waals surface area (Å²) in [5, 5.41) is 3.90. The summed E-state index contributed by atoms with van der Waals surface area (Å²) in [6, 6.07) is 3.25. The molecule has 27 heavy (non-hydrogen) atoms. The number of benzene rings is 1. The molecule has 0 saturated heterocycles. The molecular weight excluding hydrogens is 361 g/mol. The normalized spacial score (nSPS) is 12.0. The van der Waals surface area contributed by atoms with Crippen molar-refractivity contribution in [3.8, 4) is 6.01 Å². The Kier molecular flexibility index (Phi) is 6.11. The van der Waals surface area contributed by atoms with Gasteiger partial charge in [0.2, 0.25) is 0 Å². The van der Waals surface area contributed by atoms with Crippen LogP contribution in [0.2, 0.25) is 0 Å². The summed E-state index contributed by atoms with van der Waals surface area (Å²) in [5.74, 6) is 2.06. The molecule has 0 amide bonds. The van der Waals surface area contributed by atoms with Crippen LogP contribution in [-0.4, -0.2) is 23.6 Å². The SMILES string of the molecule is CNc1nc(OC/C(N)=C/N(N)c2ccc(F)c(C(C)(F)F)c2)ncc1C. The summed E-state index contributed by atoms with van der Waals surface area (Å²) >= 11 is 0. The lowest BCUT2D eigenvalue weighted by Gasteiger charge is -2.18. The highest BCUT2D eigenvalue weighted by molar-refractivity contribution is 5.51. The number of halogens is 3. The van der Waals surface area contributed by atoms with Crippen molar-refractivity contribution in [3.63, 3.8) is 0 Å². The standard InChI is InChI=1S/C17H21F3N6O/c1-10-7-24-16(25-15(10)23-3)27-9-11(21)8-26(22)12-4-5-14(18)13(6-12)17(2,19)20/h4-8H,9,21-22H2,1-3H3,(H,23,24,25)/b11-8-. The lowest BCUT2D eigenvalue weighted by atomic mass is 10.1. The second kappa shape index (κ2) is 8.12. The van der Waals surface area contributed by atoms with Gasteiger partial charge < -0.3 is 15.8 Å². The number of hydrazine groups is 1. The molecule has 0 atom stereocenters. The van der Waals surface area contributed by atoms with Crippen molar-refractivity contribution in [2.45, 2.75) is 19.8 Å². The number of nitrogens with one attached hydrogen (secondary N) is 1. The Morgan fingerprint density at radius 1 is 1.41 bits per heavy atom. The largest absolute Gasteiger partial charge is 0.457 e. The zero-order valence-electron chi connectivity index (χ0n) is 15.1. The Hall–Kier alpha value is -3.01. The third-order valence-electron chi connectivity index (χ3n) is 3.58. The predicted octanol–water partition coefficient (Wildman–Crippen LogP) is 2.64. The van der Waals surface area contributed by atoms with Crippen LogP contribution < -0.4 is 26.6 Å². The first-order valence-corrected chi connectivity index (χ1v) is 7.94. The van der Waals surface area contributed by atoms with Crippen LogP contribution in [-0.2, 0) is 5.92 Å². The molecule has 0 bridgehead atoms. The van der Waals surface area contributed by atoms with Crippen molar-refractivity contribution < 1.29 is 17.9 Å². The number of hydrogen-bond acceptors (Lipinski definition) is 7. The van der Waals surface area contributed by atoms with Gasteiger partial charge in [0.15, 0.2) is 0 Å². The summed E-state index contributed by atoms with van der Waals surface area (Å²) in [6.45, 7) is 2.36. The van der Waals surface area contributed by atoms with Crippen molar-refractivity contribution in [1.82, 2.24) is 9.97 Å². The molecule has 5 N–H and O–H groups in total. The second-order valence-corrected chi connectivity index (χ2v) is 5.89. The molecule has 146 valence electrons. The maximum atomic E-state index is 13.6. The van der Waals surface area contributed by atoms with Gasteiger partial charge in [-0.05, 0) is 25.1 Å². The van der Waals surface area contributed by atoms with Gasteiger partial charge in [-0.15, -0.1) is 0 Å². The number of nitrogens with two attached hydrogens (primary N) is 2. The van der Waals surface area contributed by atoms with Gasteiger partial charge in [-0.1, -0.05) is 0 Å². The van der Waals surface area contributed by atoms with Crippen molar-refractivity contribution >= 4 is 11.5 Å². The smallest absolute Gasteiger partial charge is 0.318 e. The van der Waals surface area contributed by atoms with Crippen LogP contribution in [0.25, 0.3) is 0 Å². The zero-order chi connectivity index (χ0) is 20.2. The number of hydrogen-bond donors (Lipinski definition) is 3. The van der Waals surface area contributed by atoms with E-state index in [2.05, 4.69) is 15.3 Å². The summed E-state index contributed by atoms with van der Waals surface area (Å²) in [7, 11) is 1.72. The van der Waals surface area contributed by atoms with Crippen LogP contribution in [0.3, 0.4) is 0 Å². The van der Waals surface area contributed by atoms with Gasteiger partial charge in [-0.3, -0.25) is 5.01 Å². The van der Waals surface area contributed by atoms with Gasteiger partial charge in [0, 0.05) is 31.9 Å². The van der Waals surface area contributed by atoms with E-state index in [9.17, 15) is 13.2 Å². The molecule has 0 aliphatic carbocycles. The number of aryl methyl sites for hydroxylation is 1. The van der Waals surface area contributed by atoms with E-state index in [1.807, 2.05) is 6.92 Å². The Bertz CT molecular complexity index is 838. The topological polar surface area (TPSA) is 102 Å². The van der Waals surface area contributed by atoms with Gasteiger partial charge in [0.05, 0.1) is 16.9 Å². The number of rotatable bonds is 7. The first-order valence-electron chi connectivity index (χ1n) is 7.94. The van der Waals surface area contributed by atoms with Gasteiger partial charge in [-0.2, -0.15) is 4.98 Å². The number of anilines is 2. The fourth-order valence-electron chi connectivity index (χ4n) is 2.20. The second-order valence-electron chi connectivity index (χ2n) is 5.89. The lowest BCUT2D eigenvalue weighted by molar-refractivity contribution is 0.0138. The minimum absolute atomic E-state index is 0.0854. The average Bonchev–Trinajstić information content (AvgIpc) is 2.60. The Labute approximate surface area is 154 Å².